The van der Waals surface area contributed by atoms with Crippen molar-refractivity contribution in [3.05, 3.63) is 58.1 Å². The number of nitrogens with zero attached hydrogens (tertiary/aromatic N) is 1. The number of hydrogen-bond donors (Lipinski definition) is 2. The fourth-order valence-electron chi connectivity index (χ4n) is 2.52. The summed E-state index contributed by atoms with van der Waals surface area (Å²) < 4.78 is 1.06. The van der Waals surface area contributed by atoms with Gasteiger partial charge in [-0.15, -0.1) is 0 Å². The molecule has 0 spiro atoms. The van der Waals surface area contributed by atoms with Crippen LogP contribution in [0.25, 0.3) is 22.4 Å². The Bertz CT molecular complexity index is 806. The zero-order chi connectivity index (χ0) is 15.0. The van der Waals surface area contributed by atoms with E-state index in [9.17, 15) is 0 Å². The highest BCUT2D eigenvalue weighted by Crippen LogP contribution is 2.39. The molecule has 0 bridgehead atoms. The van der Waals surface area contributed by atoms with Crippen LogP contribution in [0.1, 0.15) is 11.1 Å². The Hall–Kier alpha value is -2.07. The Morgan fingerprint density at radius 2 is 1.62 bits per heavy atom. The second kappa shape index (κ2) is 5.37. The van der Waals surface area contributed by atoms with E-state index in [1.165, 1.54) is 11.1 Å². The molecule has 0 radical (unpaired) electrons. The number of halogens is 1. The molecule has 3 nitrogen and oxygen atoms in total. The first kappa shape index (κ1) is 13.9. The molecular formula is C17H16BrN3. The number of H-pyrrole nitrogens is 1. The van der Waals surface area contributed by atoms with Gasteiger partial charge in [-0.05, 0) is 46.5 Å². The molecule has 2 aromatic carbocycles. The van der Waals surface area contributed by atoms with Crippen LogP contribution in [-0.4, -0.2) is 10.2 Å². The molecule has 4 heteroatoms. The highest BCUT2D eigenvalue weighted by molar-refractivity contribution is 9.10. The molecule has 3 rings (SSSR count). The van der Waals surface area contributed by atoms with Gasteiger partial charge >= 0.3 is 0 Å². The highest BCUT2D eigenvalue weighted by Gasteiger charge is 2.18. The van der Waals surface area contributed by atoms with Crippen LogP contribution in [0.15, 0.2) is 46.9 Å². The molecule has 0 unspecified atom stereocenters. The molecular weight excluding hydrogens is 326 g/mol. The second-order valence-corrected chi connectivity index (χ2v) is 5.90. The van der Waals surface area contributed by atoms with Crippen LogP contribution in [0, 0.1) is 13.8 Å². The predicted octanol–water partition coefficient (Wildman–Crippen LogP) is 4.71. The van der Waals surface area contributed by atoms with Crippen molar-refractivity contribution in [2.75, 3.05) is 5.73 Å². The summed E-state index contributed by atoms with van der Waals surface area (Å²) in [4.78, 5) is 0. The van der Waals surface area contributed by atoms with E-state index in [-0.39, 0.29) is 0 Å². The topological polar surface area (TPSA) is 54.7 Å². The third-order valence-electron chi connectivity index (χ3n) is 3.67. The number of anilines is 1. The van der Waals surface area contributed by atoms with Crippen molar-refractivity contribution in [3.8, 4) is 22.4 Å². The molecule has 0 aliphatic rings. The van der Waals surface area contributed by atoms with Crippen molar-refractivity contribution < 1.29 is 0 Å². The maximum Gasteiger partial charge on any atom is 0.153 e. The number of hydrogen-bond acceptors (Lipinski definition) is 2. The Balaban J connectivity index is 2.28. The van der Waals surface area contributed by atoms with Gasteiger partial charge in [0.2, 0.25) is 0 Å². The molecule has 3 aromatic rings. The summed E-state index contributed by atoms with van der Waals surface area (Å²) in [5.74, 6) is 0.521. The number of aromatic nitrogens is 2. The van der Waals surface area contributed by atoms with Crippen molar-refractivity contribution in [2.45, 2.75) is 13.8 Å². The first-order valence-electron chi connectivity index (χ1n) is 6.75. The lowest BCUT2D eigenvalue weighted by Gasteiger charge is -2.10. The number of benzene rings is 2. The summed E-state index contributed by atoms with van der Waals surface area (Å²) in [7, 11) is 0. The Kier molecular flexibility index (Phi) is 3.55. The largest absolute Gasteiger partial charge is 0.382 e. The van der Waals surface area contributed by atoms with Gasteiger partial charge in [0, 0.05) is 10.0 Å². The van der Waals surface area contributed by atoms with E-state index in [0.29, 0.717) is 5.82 Å². The van der Waals surface area contributed by atoms with Crippen LogP contribution < -0.4 is 5.73 Å². The van der Waals surface area contributed by atoms with E-state index in [1.807, 2.05) is 18.2 Å². The molecule has 21 heavy (non-hydrogen) atoms. The zero-order valence-electron chi connectivity index (χ0n) is 11.9. The molecule has 0 amide bonds. The van der Waals surface area contributed by atoms with Gasteiger partial charge in [0.25, 0.3) is 0 Å². The minimum Gasteiger partial charge on any atom is -0.382 e. The minimum atomic E-state index is 0.521. The normalized spacial score (nSPS) is 10.8. The number of nitrogen functional groups attached to an aromatic ring is 1. The lowest BCUT2D eigenvalue weighted by atomic mass is 9.96. The monoisotopic (exact) mass is 341 g/mol. The lowest BCUT2D eigenvalue weighted by Crippen LogP contribution is -1.91. The van der Waals surface area contributed by atoms with Crippen molar-refractivity contribution in [1.29, 1.82) is 0 Å². The molecule has 0 aliphatic carbocycles. The third-order valence-corrected chi connectivity index (χ3v) is 4.72. The molecule has 3 N–H and O–H groups in total. The number of aryl methyl sites for hydroxylation is 2. The fourth-order valence-corrected chi connectivity index (χ4v) is 2.98. The molecule has 0 atom stereocenters. The van der Waals surface area contributed by atoms with Crippen LogP contribution in [0.2, 0.25) is 0 Å². The smallest absolute Gasteiger partial charge is 0.153 e. The molecule has 0 saturated carbocycles. The average Bonchev–Trinajstić information content (AvgIpc) is 2.84. The number of rotatable bonds is 2. The van der Waals surface area contributed by atoms with E-state index in [0.717, 1.165) is 26.9 Å². The number of aromatic amines is 1. The molecule has 106 valence electrons. The van der Waals surface area contributed by atoms with Crippen molar-refractivity contribution in [3.63, 3.8) is 0 Å². The first-order chi connectivity index (χ1) is 10.1. The van der Waals surface area contributed by atoms with E-state index in [2.05, 4.69) is 64.2 Å². The van der Waals surface area contributed by atoms with Crippen molar-refractivity contribution in [2.24, 2.45) is 0 Å². The number of nitrogens with one attached hydrogen (secondary N) is 1. The van der Waals surface area contributed by atoms with Crippen LogP contribution in [0.5, 0.6) is 0 Å². The van der Waals surface area contributed by atoms with Gasteiger partial charge in [-0.25, -0.2) is 0 Å². The summed E-state index contributed by atoms with van der Waals surface area (Å²) in [6.45, 7) is 4.15. The van der Waals surface area contributed by atoms with E-state index < -0.39 is 0 Å². The Labute approximate surface area is 132 Å². The quantitative estimate of drug-likeness (QED) is 0.709. The molecule has 1 heterocycles. The summed E-state index contributed by atoms with van der Waals surface area (Å²) in [6.07, 6.45) is 0. The summed E-state index contributed by atoms with van der Waals surface area (Å²) in [5.41, 5.74) is 12.5. The standard InChI is InChI=1S/C17H16BrN3/c1-10-6-3-4-8-12(10)14-16(20-21-17(14)19)13-9-5-7-11(2)15(13)18/h3-9H,1-2H3,(H3,19,20,21). The molecule has 0 saturated heterocycles. The van der Waals surface area contributed by atoms with Gasteiger partial charge in [0.05, 0.1) is 11.3 Å². The van der Waals surface area contributed by atoms with Crippen molar-refractivity contribution >= 4 is 21.7 Å². The summed E-state index contributed by atoms with van der Waals surface area (Å²) >= 11 is 3.66. The van der Waals surface area contributed by atoms with Crippen molar-refractivity contribution in [1.82, 2.24) is 10.2 Å². The highest BCUT2D eigenvalue weighted by atomic mass is 79.9. The van der Waals surface area contributed by atoms with Gasteiger partial charge in [0.1, 0.15) is 0 Å². The third kappa shape index (κ3) is 2.36. The zero-order valence-corrected chi connectivity index (χ0v) is 13.5. The van der Waals surface area contributed by atoms with Crippen LogP contribution in [-0.2, 0) is 0 Å². The Morgan fingerprint density at radius 3 is 2.38 bits per heavy atom. The maximum atomic E-state index is 6.11. The predicted molar refractivity (Wildman–Crippen MR) is 91.0 cm³/mol. The van der Waals surface area contributed by atoms with Gasteiger partial charge in [-0.1, -0.05) is 42.5 Å². The van der Waals surface area contributed by atoms with E-state index in [4.69, 9.17) is 5.73 Å². The molecule has 0 fully saturated rings. The minimum absolute atomic E-state index is 0.521. The average molecular weight is 342 g/mol. The fraction of sp³-hybridized carbons (Fsp3) is 0.118. The van der Waals surface area contributed by atoms with E-state index in [1.54, 1.807) is 0 Å². The number of nitrogens with two attached hydrogens (primary N) is 1. The molecule has 0 aliphatic heterocycles. The van der Waals surface area contributed by atoms with Crippen LogP contribution in [0.3, 0.4) is 0 Å². The molecule has 1 aromatic heterocycles. The van der Waals surface area contributed by atoms with Gasteiger partial charge in [-0.2, -0.15) is 5.10 Å². The van der Waals surface area contributed by atoms with Gasteiger partial charge < -0.3 is 5.73 Å². The van der Waals surface area contributed by atoms with Crippen LogP contribution >= 0.6 is 15.9 Å². The SMILES string of the molecule is Cc1ccccc1-c1c(N)n[nH]c1-c1cccc(C)c1Br. The Morgan fingerprint density at radius 1 is 0.952 bits per heavy atom. The van der Waals surface area contributed by atoms with Crippen LogP contribution in [0.4, 0.5) is 5.82 Å². The second-order valence-electron chi connectivity index (χ2n) is 5.11. The van der Waals surface area contributed by atoms with E-state index >= 15 is 0 Å². The van der Waals surface area contributed by atoms with Gasteiger partial charge in [0.15, 0.2) is 5.82 Å². The maximum absolute atomic E-state index is 6.11. The first-order valence-corrected chi connectivity index (χ1v) is 7.54. The van der Waals surface area contributed by atoms with Gasteiger partial charge in [-0.3, -0.25) is 5.10 Å². The lowest BCUT2D eigenvalue weighted by molar-refractivity contribution is 1.10. The summed E-state index contributed by atoms with van der Waals surface area (Å²) in [5, 5.41) is 7.29. The summed E-state index contributed by atoms with van der Waals surface area (Å²) in [6, 6.07) is 14.4.